The maximum absolute atomic E-state index is 10.6. The van der Waals surface area contributed by atoms with Gasteiger partial charge >= 0.3 is 5.97 Å². The normalized spacial score (nSPS) is 37.5. The predicted molar refractivity (Wildman–Crippen MR) is 39.2 cm³/mol. The molecular weight excluding hydrogens is 146 g/mol. The minimum Gasteiger partial charge on any atom is -0.480 e. The molecule has 1 fully saturated rings. The van der Waals surface area contributed by atoms with E-state index in [1.54, 1.807) is 0 Å². The molecule has 0 spiro atoms. The minimum absolute atomic E-state index is 0.138. The molecule has 3 atom stereocenters. The van der Waals surface area contributed by atoms with E-state index in [1.807, 2.05) is 13.8 Å². The topological polar surface area (TPSA) is 58.6 Å². The summed E-state index contributed by atoms with van der Waals surface area (Å²) in [5, 5.41) is 11.5. The van der Waals surface area contributed by atoms with E-state index in [-0.39, 0.29) is 12.3 Å². The third kappa shape index (κ3) is 1.70. The van der Waals surface area contributed by atoms with Crippen molar-refractivity contribution >= 4 is 5.97 Å². The Morgan fingerprint density at radius 2 is 2.36 bits per heavy atom. The average molecular weight is 159 g/mol. The highest BCUT2D eigenvalue weighted by Gasteiger charge is 2.35. The lowest BCUT2D eigenvalue weighted by atomic mass is 10.1. The van der Waals surface area contributed by atoms with E-state index in [2.05, 4.69) is 5.32 Å². The quantitative estimate of drug-likeness (QED) is 0.603. The van der Waals surface area contributed by atoms with Gasteiger partial charge in [-0.2, -0.15) is 0 Å². The van der Waals surface area contributed by atoms with Crippen LogP contribution in [-0.4, -0.2) is 29.4 Å². The highest BCUT2D eigenvalue weighted by atomic mass is 16.5. The maximum Gasteiger partial charge on any atom is 0.323 e. The first-order valence-electron chi connectivity index (χ1n) is 3.79. The van der Waals surface area contributed by atoms with Crippen molar-refractivity contribution in [3.63, 3.8) is 0 Å². The van der Waals surface area contributed by atoms with Crippen LogP contribution < -0.4 is 5.32 Å². The molecule has 0 radical (unpaired) electrons. The smallest absolute Gasteiger partial charge is 0.323 e. The summed E-state index contributed by atoms with van der Waals surface area (Å²) < 4.78 is 5.29. The van der Waals surface area contributed by atoms with Crippen LogP contribution in [0.1, 0.15) is 20.3 Å². The Bertz CT molecular complexity index is 160. The van der Waals surface area contributed by atoms with Gasteiger partial charge < -0.3 is 9.84 Å². The number of aliphatic carboxylic acids is 1. The Morgan fingerprint density at radius 3 is 2.73 bits per heavy atom. The van der Waals surface area contributed by atoms with Crippen LogP contribution in [0.5, 0.6) is 0 Å². The Labute approximate surface area is 65.5 Å². The molecule has 64 valence electrons. The van der Waals surface area contributed by atoms with E-state index in [4.69, 9.17) is 9.84 Å². The molecule has 11 heavy (non-hydrogen) atoms. The lowest BCUT2D eigenvalue weighted by Crippen LogP contribution is -2.39. The summed E-state index contributed by atoms with van der Waals surface area (Å²) in [6.07, 6.45) is 0.414. The van der Waals surface area contributed by atoms with E-state index in [9.17, 15) is 4.79 Å². The van der Waals surface area contributed by atoms with Crippen LogP contribution in [0.15, 0.2) is 0 Å². The summed E-state index contributed by atoms with van der Waals surface area (Å²) in [7, 11) is 0. The van der Waals surface area contributed by atoms with E-state index < -0.39 is 12.0 Å². The van der Waals surface area contributed by atoms with Gasteiger partial charge in [-0.3, -0.25) is 10.1 Å². The number of carboxylic acid groups (broad SMARTS) is 1. The lowest BCUT2D eigenvalue weighted by Gasteiger charge is -2.10. The van der Waals surface area contributed by atoms with Gasteiger partial charge in [0.2, 0.25) is 0 Å². The van der Waals surface area contributed by atoms with Crippen LogP contribution in [0.4, 0.5) is 0 Å². The second-order valence-corrected chi connectivity index (χ2v) is 2.71. The van der Waals surface area contributed by atoms with E-state index in [0.29, 0.717) is 0 Å². The number of carbonyl (C=O) groups is 1. The van der Waals surface area contributed by atoms with Gasteiger partial charge in [0, 0.05) is 0 Å². The Kier molecular flexibility index (Phi) is 2.46. The first-order chi connectivity index (χ1) is 5.15. The molecule has 4 heteroatoms. The lowest BCUT2D eigenvalue weighted by molar-refractivity contribution is -0.140. The summed E-state index contributed by atoms with van der Waals surface area (Å²) in [4.78, 5) is 10.6. The summed E-state index contributed by atoms with van der Waals surface area (Å²) in [6.45, 7) is 3.73. The SMILES string of the molecule is CC[C@@H]1OC(C)NC1C(=O)O. The van der Waals surface area contributed by atoms with Crippen molar-refractivity contribution in [2.24, 2.45) is 0 Å². The molecule has 1 aliphatic heterocycles. The van der Waals surface area contributed by atoms with Crippen LogP contribution in [-0.2, 0) is 9.53 Å². The fourth-order valence-corrected chi connectivity index (χ4v) is 1.30. The Morgan fingerprint density at radius 1 is 1.73 bits per heavy atom. The van der Waals surface area contributed by atoms with Gasteiger partial charge in [-0.15, -0.1) is 0 Å². The van der Waals surface area contributed by atoms with E-state index in [1.165, 1.54) is 0 Å². The molecule has 2 unspecified atom stereocenters. The zero-order valence-electron chi connectivity index (χ0n) is 6.70. The minimum atomic E-state index is -0.832. The van der Waals surface area contributed by atoms with Gasteiger partial charge in [0.05, 0.1) is 6.10 Å². The molecule has 1 saturated heterocycles. The van der Waals surface area contributed by atoms with Crippen molar-refractivity contribution in [1.82, 2.24) is 5.32 Å². The van der Waals surface area contributed by atoms with Gasteiger partial charge in [-0.05, 0) is 13.3 Å². The highest BCUT2D eigenvalue weighted by Crippen LogP contribution is 2.14. The summed E-state index contributed by atoms with van der Waals surface area (Å²) in [5.41, 5.74) is 0. The number of nitrogens with one attached hydrogen (secondary N) is 1. The van der Waals surface area contributed by atoms with Gasteiger partial charge in [-0.25, -0.2) is 0 Å². The summed E-state index contributed by atoms with van der Waals surface area (Å²) in [5.74, 6) is -0.832. The molecule has 0 aromatic carbocycles. The first-order valence-corrected chi connectivity index (χ1v) is 3.79. The Balaban J connectivity index is 2.57. The monoisotopic (exact) mass is 159 g/mol. The van der Waals surface area contributed by atoms with Crippen LogP contribution in [0.2, 0.25) is 0 Å². The van der Waals surface area contributed by atoms with Crippen LogP contribution in [0.3, 0.4) is 0 Å². The molecule has 1 heterocycles. The van der Waals surface area contributed by atoms with Crippen molar-refractivity contribution < 1.29 is 14.6 Å². The molecule has 0 saturated carbocycles. The molecule has 0 aromatic rings. The molecule has 0 aliphatic carbocycles. The third-order valence-electron chi connectivity index (χ3n) is 1.83. The fraction of sp³-hybridized carbons (Fsp3) is 0.857. The van der Waals surface area contributed by atoms with Crippen molar-refractivity contribution in [3.05, 3.63) is 0 Å². The third-order valence-corrected chi connectivity index (χ3v) is 1.83. The number of ether oxygens (including phenoxy) is 1. The molecule has 0 bridgehead atoms. The van der Waals surface area contributed by atoms with Gasteiger partial charge in [0.1, 0.15) is 12.3 Å². The Hall–Kier alpha value is -0.610. The van der Waals surface area contributed by atoms with Crippen molar-refractivity contribution in [3.8, 4) is 0 Å². The number of rotatable bonds is 2. The summed E-state index contributed by atoms with van der Waals surface area (Å²) >= 11 is 0. The molecule has 1 aliphatic rings. The van der Waals surface area contributed by atoms with Gasteiger partial charge in [0.25, 0.3) is 0 Å². The van der Waals surface area contributed by atoms with E-state index >= 15 is 0 Å². The second kappa shape index (κ2) is 3.19. The largest absolute Gasteiger partial charge is 0.480 e. The van der Waals surface area contributed by atoms with E-state index in [0.717, 1.165) is 6.42 Å². The van der Waals surface area contributed by atoms with Crippen LogP contribution in [0, 0.1) is 0 Å². The average Bonchev–Trinajstić information content (AvgIpc) is 2.30. The maximum atomic E-state index is 10.6. The second-order valence-electron chi connectivity index (χ2n) is 2.71. The molecule has 2 N–H and O–H groups in total. The van der Waals surface area contributed by atoms with Crippen molar-refractivity contribution in [2.75, 3.05) is 0 Å². The number of hydrogen-bond acceptors (Lipinski definition) is 3. The van der Waals surface area contributed by atoms with Crippen LogP contribution in [0.25, 0.3) is 0 Å². The highest BCUT2D eigenvalue weighted by molar-refractivity contribution is 5.74. The number of hydrogen-bond donors (Lipinski definition) is 2. The first kappa shape index (κ1) is 8.49. The van der Waals surface area contributed by atoms with Crippen molar-refractivity contribution in [2.45, 2.75) is 38.6 Å². The fourth-order valence-electron chi connectivity index (χ4n) is 1.30. The molecule has 0 aromatic heterocycles. The van der Waals surface area contributed by atoms with Gasteiger partial charge in [0.15, 0.2) is 0 Å². The zero-order chi connectivity index (χ0) is 8.43. The predicted octanol–water partition coefficient (Wildman–Crippen LogP) is 0.184. The zero-order valence-corrected chi connectivity index (χ0v) is 6.70. The van der Waals surface area contributed by atoms with Crippen LogP contribution >= 0.6 is 0 Å². The molecular formula is C7H13NO3. The standard InChI is InChI=1S/C7H13NO3/c1-3-5-6(7(9)10)8-4(2)11-5/h4-6,8H,3H2,1-2H3,(H,9,10)/t4?,5-,6?/m0/s1. The van der Waals surface area contributed by atoms with Gasteiger partial charge in [-0.1, -0.05) is 6.92 Å². The number of carboxylic acids is 1. The molecule has 4 nitrogen and oxygen atoms in total. The molecule has 1 rings (SSSR count). The van der Waals surface area contributed by atoms with Crippen molar-refractivity contribution in [1.29, 1.82) is 0 Å². The molecule has 0 amide bonds. The summed E-state index contributed by atoms with van der Waals surface area (Å²) in [6, 6.07) is -0.532.